The first-order valence-electron chi connectivity index (χ1n) is 5.79. The van der Waals surface area contributed by atoms with Crippen molar-refractivity contribution in [1.29, 1.82) is 0 Å². The highest BCUT2D eigenvalue weighted by Crippen LogP contribution is 2.38. The number of ether oxygens (including phenoxy) is 1. The van der Waals surface area contributed by atoms with Gasteiger partial charge in [0.2, 0.25) is 5.91 Å². The van der Waals surface area contributed by atoms with E-state index in [0.717, 1.165) is 5.69 Å². The van der Waals surface area contributed by atoms with E-state index in [9.17, 15) is 14.7 Å². The SMILES string of the molecule is CCOC(=O)C(O)C1C(=O)N(C)c2ccccc21. The number of aliphatic hydroxyl groups excluding tert-OH is 1. The second-order valence-corrected chi connectivity index (χ2v) is 4.13. The third-order valence-corrected chi connectivity index (χ3v) is 3.07. The smallest absolute Gasteiger partial charge is 0.336 e. The Kier molecular flexibility index (Phi) is 3.34. The van der Waals surface area contributed by atoms with Gasteiger partial charge in [0.1, 0.15) is 5.92 Å². The summed E-state index contributed by atoms with van der Waals surface area (Å²) in [5.41, 5.74) is 1.38. The number of likely N-dealkylation sites (N-methyl/N-ethyl adjacent to an activating group) is 1. The molecule has 2 atom stereocenters. The number of esters is 1. The molecule has 96 valence electrons. The van der Waals surface area contributed by atoms with Crippen LogP contribution in [0.2, 0.25) is 0 Å². The molecule has 5 nitrogen and oxygen atoms in total. The quantitative estimate of drug-likeness (QED) is 0.800. The van der Waals surface area contributed by atoms with Gasteiger partial charge in [0.05, 0.1) is 6.61 Å². The van der Waals surface area contributed by atoms with Crippen LogP contribution in [0.25, 0.3) is 0 Å². The standard InChI is InChI=1S/C13H15NO4/c1-3-18-13(17)11(15)10-8-6-4-5-7-9(8)14(2)12(10)16/h4-7,10-11,15H,3H2,1-2H3. The Morgan fingerprint density at radius 1 is 1.50 bits per heavy atom. The molecule has 0 bridgehead atoms. The zero-order valence-electron chi connectivity index (χ0n) is 10.3. The molecule has 0 saturated carbocycles. The summed E-state index contributed by atoms with van der Waals surface area (Å²) in [6.45, 7) is 1.83. The van der Waals surface area contributed by atoms with Crippen molar-refractivity contribution < 1.29 is 19.4 Å². The van der Waals surface area contributed by atoms with Gasteiger partial charge in [0, 0.05) is 12.7 Å². The van der Waals surface area contributed by atoms with E-state index in [1.54, 1.807) is 32.2 Å². The van der Waals surface area contributed by atoms with E-state index >= 15 is 0 Å². The first kappa shape index (κ1) is 12.6. The Morgan fingerprint density at radius 2 is 2.17 bits per heavy atom. The maximum absolute atomic E-state index is 12.1. The largest absolute Gasteiger partial charge is 0.464 e. The summed E-state index contributed by atoms with van der Waals surface area (Å²) < 4.78 is 4.75. The molecule has 1 N–H and O–H groups in total. The molecule has 5 heteroatoms. The Morgan fingerprint density at radius 3 is 2.83 bits per heavy atom. The summed E-state index contributed by atoms with van der Waals surface area (Å²) in [6, 6.07) is 7.10. The molecule has 1 heterocycles. The highest BCUT2D eigenvalue weighted by Gasteiger charge is 2.43. The van der Waals surface area contributed by atoms with E-state index in [0.29, 0.717) is 5.56 Å². The number of anilines is 1. The van der Waals surface area contributed by atoms with Crippen molar-refractivity contribution in [2.24, 2.45) is 0 Å². The van der Waals surface area contributed by atoms with E-state index in [2.05, 4.69) is 0 Å². The second-order valence-electron chi connectivity index (χ2n) is 4.13. The summed E-state index contributed by atoms with van der Waals surface area (Å²) in [7, 11) is 1.62. The summed E-state index contributed by atoms with van der Waals surface area (Å²) in [5.74, 6) is -1.93. The van der Waals surface area contributed by atoms with Gasteiger partial charge in [0.15, 0.2) is 6.10 Å². The average Bonchev–Trinajstić information content (AvgIpc) is 2.62. The summed E-state index contributed by atoms with van der Waals surface area (Å²) in [4.78, 5) is 25.1. The Balaban J connectivity index is 2.34. The molecule has 2 unspecified atom stereocenters. The maximum Gasteiger partial charge on any atom is 0.336 e. The molecule has 2 rings (SSSR count). The van der Waals surface area contributed by atoms with Gasteiger partial charge < -0.3 is 14.7 Å². The number of amides is 1. The number of hydrogen-bond donors (Lipinski definition) is 1. The fraction of sp³-hybridized carbons (Fsp3) is 0.385. The van der Waals surface area contributed by atoms with Gasteiger partial charge in [-0.1, -0.05) is 18.2 Å². The van der Waals surface area contributed by atoms with Crippen molar-refractivity contribution in [3.05, 3.63) is 29.8 Å². The number of nitrogens with zero attached hydrogens (tertiary/aromatic N) is 1. The van der Waals surface area contributed by atoms with Crippen LogP contribution in [0, 0.1) is 0 Å². The average molecular weight is 249 g/mol. The molecule has 1 aliphatic rings. The van der Waals surface area contributed by atoms with Gasteiger partial charge >= 0.3 is 5.97 Å². The van der Waals surface area contributed by atoms with Crippen LogP contribution in [-0.4, -0.2) is 36.7 Å². The van der Waals surface area contributed by atoms with Crippen LogP contribution in [0.5, 0.6) is 0 Å². The monoisotopic (exact) mass is 249 g/mol. The Bertz CT molecular complexity index is 486. The van der Waals surface area contributed by atoms with Crippen LogP contribution in [-0.2, 0) is 14.3 Å². The molecular formula is C13H15NO4. The topological polar surface area (TPSA) is 66.8 Å². The fourth-order valence-electron chi connectivity index (χ4n) is 2.19. The highest BCUT2D eigenvalue weighted by atomic mass is 16.5. The van der Waals surface area contributed by atoms with E-state index in [1.165, 1.54) is 4.90 Å². The zero-order valence-corrected chi connectivity index (χ0v) is 10.3. The minimum Gasteiger partial charge on any atom is -0.464 e. The van der Waals surface area contributed by atoms with E-state index in [1.807, 2.05) is 6.07 Å². The lowest BCUT2D eigenvalue weighted by atomic mass is 9.95. The molecule has 0 radical (unpaired) electrons. The van der Waals surface area contributed by atoms with Gasteiger partial charge in [-0.25, -0.2) is 4.79 Å². The van der Waals surface area contributed by atoms with Crippen LogP contribution >= 0.6 is 0 Å². The molecule has 1 aromatic rings. The summed E-state index contributed by atoms with van der Waals surface area (Å²) in [5, 5.41) is 9.96. The lowest BCUT2D eigenvalue weighted by Gasteiger charge is -2.16. The van der Waals surface area contributed by atoms with Crippen molar-refractivity contribution in [3.63, 3.8) is 0 Å². The number of rotatable bonds is 3. The number of fused-ring (bicyclic) bond motifs is 1. The van der Waals surface area contributed by atoms with Crippen molar-refractivity contribution in [2.75, 3.05) is 18.6 Å². The molecule has 0 aromatic heterocycles. The predicted molar refractivity (Wildman–Crippen MR) is 65.2 cm³/mol. The molecule has 1 aromatic carbocycles. The van der Waals surface area contributed by atoms with Crippen molar-refractivity contribution in [1.82, 2.24) is 0 Å². The second kappa shape index (κ2) is 4.78. The van der Waals surface area contributed by atoms with Crippen molar-refractivity contribution >= 4 is 17.6 Å². The number of aliphatic hydroxyl groups is 1. The van der Waals surface area contributed by atoms with Crippen LogP contribution < -0.4 is 4.90 Å². The van der Waals surface area contributed by atoms with Crippen LogP contribution in [0.1, 0.15) is 18.4 Å². The minimum absolute atomic E-state index is 0.175. The molecule has 0 aliphatic carbocycles. The van der Waals surface area contributed by atoms with Crippen LogP contribution in [0.4, 0.5) is 5.69 Å². The summed E-state index contributed by atoms with van der Waals surface area (Å²) >= 11 is 0. The first-order chi connectivity index (χ1) is 8.57. The highest BCUT2D eigenvalue weighted by molar-refractivity contribution is 6.07. The van der Waals surface area contributed by atoms with Crippen molar-refractivity contribution in [2.45, 2.75) is 18.9 Å². The van der Waals surface area contributed by atoms with Crippen LogP contribution in [0.3, 0.4) is 0 Å². The molecule has 0 saturated heterocycles. The lowest BCUT2D eigenvalue weighted by Crippen LogP contribution is -2.36. The molecule has 1 aliphatic heterocycles. The molecular weight excluding hydrogens is 234 g/mol. The van der Waals surface area contributed by atoms with Crippen LogP contribution in [0.15, 0.2) is 24.3 Å². The molecule has 0 spiro atoms. The third-order valence-electron chi connectivity index (χ3n) is 3.07. The Hall–Kier alpha value is -1.88. The minimum atomic E-state index is -1.46. The third kappa shape index (κ3) is 1.86. The normalized spacial score (nSPS) is 19.6. The van der Waals surface area contributed by atoms with E-state index in [4.69, 9.17) is 4.74 Å². The molecule has 0 fully saturated rings. The van der Waals surface area contributed by atoms with Gasteiger partial charge in [-0.05, 0) is 18.6 Å². The number of carbonyl (C=O) groups is 2. The number of carbonyl (C=O) groups excluding carboxylic acids is 2. The Labute approximate surface area is 105 Å². The van der Waals surface area contributed by atoms with Crippen molar-refractivity contribution in [3.8, 4) is 0 Å². The number of benzene rings is 1. The predicted octanol–water partition coefficient (Wildman–Crippen LogP) is 0.671. The zero-order chi connectivity index (χ0) is 13.3. The van der Waals surface area contributed by atoms with Gasteiger partial charge in [-0.2, -0.15) is 0 Å². The molecule has 18 heavy (non-hydrogen) atoms. The van der Waals surface area contributed by atoms with Gasteiger partial charge in [-0.3, -0.25) is 4.79 Å². The fourth-order valence-corrected chi connectivity index (χ4v) is 2.19. The van der Waals surface area contributed by atoms with Gasteiger partial charge in [0.25, 0.3) is 0 Å². The number of hydrogen-bond acceptors (Lipinski definition) is 4. The lowest BCUT2D eigenvalue weighted by molar-refractivity contribution is -0.155. The first-order valence-corrected chi connectivity index (χ1v) is 5.79. The maximum atomic E-state index is 12.1. The van der Waals surface area contributed by atoms with Gasteiger partial charge in [-0.15, -0.1) is 0 Å². The summed E-state index contributed by atoms with van der Waals surface area (Å²) in [6.07, 6.45) is -1.46. The van der Waals surface area contributed by atoms with E-state index < -0.39 is 18.0 Å². The van der Waals surface area contributed by atoms with E-state index in [-0.39, 0.29) is 12.5 Å². The number of para-hydroxylation sites is 1. The molecule has 1 amide bonds.